The van der Waals surface area contributed by atoms with Gasteiger partial charge >= 0.3 is 0 Å². The number of nitro groups is 1. The molecule has 0 N–H and O–H groups in total. The first-order valence-electron chi connectivity index (χ1n) is 5.74. The summed E-state index contributed by atoms with van der Waals surface area (Å²) in [5.74, 6) is 1.35. The van der Waals surface area contributed by atoms with Gasteiger partial charge in [0.25, 0.3) is 5.69 Å². The van der Waals surface area contributed by atoms with Gasteiger partial charge in [0.15, 0.2) is 0 Å². The largest absolute Gasteiger partial charge is 0.460 e. The predicted molar refractivity (Wildman–Crippen MR) is 69.5 cm³/mol. The third kappa shape index (κ3) is 2.27. The summed E-state index contributed by atoms with van der Waals surface area (Å²) in [6.45, 7) is 6.11. The average Bonchev–Trinajstić information content (AvgIpc) is 2.77. The maximum Gasteiger partial charge on any atom is 0.280 e. The van der Waals surface area contributed by atoms with Crippen molar-refractivity contribution >= 4 is 5.69 Å². The van der Waals surface area contributed by atoms with E-state index in [0.717, 1.165) is 5.76 Å². The molecule has 0 unspecified atom stereocenters. The first kappa shape index (κ1) is 12.4. The second-order valence-electron chi connectivity index (χ2n) is 5.19. The highest BCUT2D eigenvalue weighted by Crippen LogP contribution is 2.33. The lowest BCUT2D eigenvalue weighted by Gasteiger charge is -2.14. The first-order valence-corrected chi connectivity index (χ1v) is 5.74. The minimum atomic E-state index is -0.394. The molecule has 0 saturated heterocycles. The van der Waals surface area contributed by atoms with E-state index < -0.39 is 4.92 Å². The zero-order chi connectivity index (χ0) is 13.3. The molecule has 18 heavy (non-hydrogen) atoms. The van der Waals surface area contributed by atoms with Gasteiger partial charge in [0.05, 0.1) is 10.5 Å². The molecule has 1 heterocycles. The number of para-hydroxylation sites is 1. The summed E-state index contributed by atoms with van der Waals surface area (Å²) in [7, 11) is 0. The van der Waals surface area contributed by atoms with Gasteiger partial charge < -0.3 is 4.42 Å². The number of hydrogen-bond acceptors (Lipinski definition) is 3. The third-order valence-electron chi connectivity index (χ3n) is 2.71. The van der Waals surface area contributed by atoms with Gasteiger partial charge in [-0.25, -0.2) is 0 Å². The van der Waals surface area contributed by atoms with E-state index in [1.165, 1.54) is 6.07 Å². The van der Waals surface area contributed by atoms with Gasteiger partial charge in [-0.2, -0.15) is 0 Å². The Kier molecular flexibility index (Phi) is 2.95. The summed E-state index contributed by atoms with van der Waals surface area (Å²) in [4.78, 5) is 10.6. The van der Waals surface area contributed by atoms with Gasteiger partial charge in [-0.3, -0.25) is 10.1 Å². The first-order chi connectivity index (χ1) is 8.39. The SMILES string of the molecule is CC(C)(C)c1ccc(-c2ccccc2[N+](=O)[O-])o1. The molecule has 0 aliphatic carbocycles. The van der Waals surface area contributed by atoms with Crippen LogP contribution in [0.2, 0.25) is 0 Å². The molecule has 0 atom stereocenters. The van der Waals surface area contributed by atoms with Crippen LogP contribution in [0.4, 0.5) is 5.69 Å². The lowest BCUT2D eigenvalue weighted by Crippen LogP contribution is -2.08. The standard InChI is InChI=1S/C14H15NO3/c1-14(2,3)13-9-8-12(18-13)10-6-4-5-7-11(10)15(16)17/h4-9H,1-3H3. The van der Waals surface area contributed by atoms with Crippen LogP contribution in [0.5, 0.6) is 0 Å². The fourth-order valence-corrected chi connectivity index (χ4v) is 1.73. The van der Waals surface area contributed by atoms with Gasteiger partial charge in [-0.1, -0.05) is 32.9 Å². The van der Waals surface area contributed by atoms with Gasteiger partial charge in [0.1, 0.15) is 11.5 Å². The topological polar surface area (TPSA) is 56.3 Å². The Hall–Kier alpha value is -2.10. The number of benzene rings is 1. The maximum absolute atomic E-state index is 11.0. The van der Waals surface area contributed by atoms with Gasteiger partial charge in [-0.15, -0.1) is 0 Å². The molecule has 0 aliphatic heterocycles. The Balaban J connectivity index is 2.50. The fraction of sp³-hybridized carbons (Fsp3) is 0.286. The van der Waals surface area contributed by atoms with Crippen molar-refractivity contribution in [2.45, 2.75) is 26.2 Å². The molecule has 0 radical (unpaired) electrons. The maximum atomic E-state index is 11.0. The number of nitrogens with zero attached hydrogens (tertiary/aromatic N) is 1. The Morgan fingerprint density at radius 2 is 1.78 bits per heavy atom. The molecule has 0 amide bonds. The Morgan fingerprint density at radius 3 is 2.33 bits per heavy atom. The molecule has 1 aromatic heterocycles. The van der Waals surface area contributed by atoms with Gasteiger partial charge in [0, 0.05) is 11.5 Å². The molecule has 0 spiro atoms. The van der Waals surface area contributed by atoms with Crippen LogP contribution < -0.4 is 0 Å². The lowest BCUT2D eigenvalue weighted by molar-refractivity contribution is -0.384. The van der Waals surface area contributed by atoms with E-state index in [-0.39, 0.29) is 11.1 Å². The normalized spacial score (nSPS) is 11.5. The zero-order valence-corrected chi connectivity index (χ0v) is 10.6. The summed E-state index contributed by atoms with van der Waals surface area (Å²) in [5.41, 5.74) is 0.465. The van der Waals surface area contributed by atoms with E-state index in [2.05, 4.69) is 0 Å². The van der Waals surface area contributed by atoms with Crippen molar-refractivity contribution in [1.29, 1.82) is 0 Å². The van der Waals surface area contributed by atoms with E-state index in [4.69, 9.17) is 4.42 Å². The molecule has 2 aromatic rings. The second-order valence-corrected chi connectivity index (χ2v) is 5.19. The molecule has 0 bridgehead atoms. The summed E-state index contributed by atoms with van der Waals surface area (Å²) < 4.78 is 5.72. The zero-order valence-electron chi connectivity index (χ0n) is 10.6. The molecule has 0 fully saturated rings. The quantitative estimate of drug-likeness (QED) is 0.589. The van der Waals surface area contributed by atoms with Crippen molar-refractivity contribution in [2.24, 2.45) is 0 Å². The highest BCUT2D eigenvalue weighted by Gasteiger charge is 2.21. The van der Waals surface area contributed by atoms with Crippen LogP contribution in [-0.4, -0.2) is 4.92 Å². The van der Waals surface area contributed by atoms with Crippen LogP contribution in [0, 0.1) is 10.1 Å². The average molecular weight is 245 g/mol. The van der Waals surface area contributed by atoms with Gasteiger partial charge in [0.2, 0.25) is 0 Å². The predicted octanol–water partition coefficient (Wildman–Crippen LogP) is 4.15. The summed E-state index contributed by atoms with van der Waals surface area (Å²) in [5, 5.41) is 11.0. The van der Waals surface area contributed by atoms with Crippen LogP contribution in [0.15, 0.2) is 40.8 Å². The smallest absolute Gasteiger partial charge is 0.280 e. The number of nitro benzene ring substituents is 1. The van der Waals surface area contributed by atoms with Crippen molar-refractivity contribution in [3.8, 4) is 11.3 Å². The molecule has 4 heteroatoms. The van der Waals surface area contributed by atoms with E-state index in [0.29, 0.717) is 11.3 Å². The highest BCUT2D eigenvalue weighted by atomic mass is 16.6. The van der Waals surface area contributed by atoms with Crippen LogP contribution >= 0.6 is 0 Å². The van der Waals surface area contributed by atoms with Crippen molar-refractivity contribution < 1.29 is 9.34 Å². The van der Waals surface area contributed by atoms with Crippen LogP contribution in [0.25, 0.3) is 11.3 Å². The van der Waals surface area contributed by atoms with E-state index in [9.17, 15) is 10.1 Å². The Labute approximate surface area is 105 Å². The number of hydrogen-bond donors (Lipinski definition) is 0. The summed E-state index contributed by atoms with van der Waals surface area (Å²) >= 11 is 0. The van der Waals surface area contributed by atoms with Crippen LogP contribution in [0.1, 0.15) is 26.5 Å². The molecule has 0 saturated carbocycles. The highest BCUT2D eigenvalue weighted by molar-refractivity contribution is 5.69. The molecule has 2 rings (SSSR count). The molecular formula is C14H15NO3. The number of rotatable bonds is 2. The minimum absolute atomic E-state index is 0.0623. The Bertz CT molecular complexity index is 579. The molecule has 94 valence electrons. The number of furan rings is 1. The molecule has 1 aromatic carbocycles. The van der Waals surface area contributed by atoms with Crippen molar-refractivity contribution in [2.75, 3.05) is 0 Å². The van der Waals surface area contributed by atoms with Crippen molar-refractivity contribution in [3.05, 3.63) is 52.3 Å². The van der Waals surface area contributed by atoms with Gasteiger partial charge in [-0.05, 0) is 18.2 Å². The minimum Gasteiger partial charge on any atom is -0.460 e. The monoisotopic (exact) mass is 245 g/mol. The third-order valence-corrected chi connectivity index (χ3v) is 2.71. The lowest BCUT2D eigenvalue weighted by atomic mass is 9.94. The van der Waals surface area contributed by atoms with Crippen molar-refractivity contribution in [1.82, 2.24) is 0 Å². The second kappa shape index (κ2) is 4.29. The van der Waals surface area contributed by atoms with Crippen LogP contribution in [0.3, 0.4) is 0 Å². The fourth-order valence-electron chi connectivity index (χ4n) is 1.73. The van der Waals surface area contributed by atoms with E-state index >= 15 is 0 Å². The molecule has 0 aliphatic rings. The summed E-state index contributed by atoms with van der Waals surface area (Å²) in [6, 6.07) is 10.2. The van der Waals surface area contributed by atoms with E-state index in [1.54, 1.807) is 24.3 Å². The molecule has 4 nitrogen and oxygen atoms in total. The van der Waals surface area contributed by atoms with Crippen LogP contribution in [-0.2, 0) is 5.41 Å². The van der Waals surface area contributed by atoms with E-state index in [1.807, 2.05) is 26.8 Å². The Morgan fingerprint density at radius 1 is 1.11 bits per heavy atom. The van der Waals surface area contributed by atoms with Crippen molar-refractivity contribution in [3.63, 3.8) is 0 Å². The summed E-state index contributed by atoms with van der Waals surface area (Å²) in [6.07, 6.45) is 0. The molecular weight excluding hydrogens is 230 g/mol.